The third-order valence-electron chi connectivity index (χ3n) is 2.76. The number of benzene rings is 1. The maximum absolute atomic E-state index is 11.1. The average Bonchev–Trinajstić information content (AvgIpc) is 2.77. The van der Waals surface area contributed by atoms with E-state index < -0.39 is 0 Å². The first-order valence-corrected chi connectivity index (χ1v) is 5.83. The molecule has 0 aliphatic heterocycles. The van der Waals surface area contributed by atoms with Gasteiger partial charge in [0, 0.05) is 30.1 Å². The molecule has 0 radical (unpaired) electrons. The quantitative estimate of drug-likeness (QED) is 0.754. The molecule has 0 aliphatic carbocycles. The average molecular weight is 228 g/mol. The van der Waals surface area contributed by atoms with Crippen molar-refractivity contribution < 1.29 is 4.79 Å². The lowest BCUT2D eigenvalue weighted by Gasteiger charge is -2.09. The number of rotatable bonds is 4. The summed E-state index contributed by atoms with van der Waals surface area (Å²) in [7, 11) is 0. The summed E-state index contributed by atoms with van der Waals surface area (Å²) in [5.41, 5.74) is 2.74. The third-order valence-corrected chi connectivity index (χ3v) is 2.76. The van der Waals surface area contributed by atoms with Gasteiger partial charge in [-0.3, -0.25) is 4.79 Å². The molecule has 0 spiro atoms. The SMILES string of the molecule is CCCn1ccnc1-c1cc(C)ccc1C=O. The highest BCUT2D eigenvalue weighted by molar-refractivity contribution is 5.86. The van der Waals surface area contributed by atoms with Crippen LogP contribution in [0.5, 0.6) is 0 Å². The van der Waals surface area contributed by atoms with Crippen molar-refractivity contribution >= 4 is 6.29 Å². The van der Waals surface area contributed by atoms with Crippen LogP contribution in [0.15, 0.2) is 30.6 Å². The van der Waals surface area contributed by atoms with E-state index in [4.69, 9.17) is 0 Å². The molecule has 3 heteroatoms. The van der Waals surface area contributed by atoms with Crippen molar-refractivity contribution in [3.63, 3.8) is 0 Å². The molecule has 0 atom stereocenters. The predicted octanol–water partition coefficient (Wildman–Crippen LogP) is 3.08. The lowest BCUT2D eigenvalue weighted by Crippen LogP contribution is -2.00. The van der Waals surface area contributed by atoms with Crippen molar-refractivity contribution in [3.8, 4) is 11.4 Å². The van der Waals surface area contributed by atoms with Gasteiger partial charge >= 0.3 is 0 Å². The Labute approximate surface area is 101 Å². The monoisotopic (exact) mass is 228 g/mol. The number of carbonyl (C=O) groups is 1. The van der Waals surface area contributed by atoms with Gasteiger partial charge in [-0.2, -0.15) is 0 Å². The van der Waals surface area contributed by atoms with Gasteiger partial charge in [0.1, 0.15) is 5.82 Å². The van der Waals surface area contributed by atoms with E-state index in [1.165, 1.54) is 0 Å². The molecule has 1 aromatic carbocycles. The summed E-state index contributed by atoms with van der Waals surface area (Å²) in [5.74, 6) is 0.873. The molecule has 0 saturated heterocycles. The Morgan fingerprint density at radius 2 is 2.24 bits per heavy atom. The summed E-state index contributed by atoms with van der Waals surface area (Å²) < 4.78 is 2.09. The van der Waals surface area contributed by atoms with E-state index in [1.807, 2.05) is 31.3 Å². The molecule has 0 N–H and O–H groups in total. The zero-order valence-corrected chi connectivity index (χ0v) is 10.2. The predicted molar refractivity (Wildman–Crippen MR) is 68.1 cm³/mol. The summed E-state index contributed by atoms with van der Waals surface area (Å²) in [5, 5.41) is 0. The van der Waals surface area contributed by atoms with E-state index in [-0.39, 0.29) is 0 Å². The van der Waals surface area contributed by atoms with Crippen molar-refractivity contribution in [1.82, 2.24) is 9.55 Å². The van der Waals surface area contributed by atoms with Gasteiger partial charge in [-0.1, -0.05) is 24.6 Å². The fourth-order valence-electron chi connectivity index (χ4n) is 1.94. The van der Waals surface area contributed by atoms with E-state index in [0.717, 1.165) is 36.2 Å². The highest BCUT2D eigenvalue weighted by Crippen LogP contribution is 2.22. The van der Waals surface area contributed by atoms with Gasteiger partial charge in [-0.05, 0) is 19.4 Å². The first kappa shape index (κ1) is 11.6. The minimum absolute atomic E-state index is 0.694. The lowest BCUT2D eigenvalue weighted by molar-refractivity contribution is 0.112. The summed E-state index contributed by atoms with van der Waals surface area (Å²) in [4.78, 5) is 15.4. The van der Waals surface area contributed by atoms with Crippen LogP contribution in [-0.4, -0.2) is 15.8 Å². The zero-order chi connectivity index (χ0) is 12.3. The number of nitrogens with zero attached hydrogens (tertiary/aromatic N) is 2. The molecule has 0 bridgehead atoms. The van der Waals surface area contributed by atoms with Crippen LogP contribution < -0.4 is 0 Å². The summed E-state index contributed by atoms with van der Waals surface area (Å²) in [6.07, 6.45) is 5.67. The minimum atomic E-state index is 0.694. The van der Waals surface area contributed by atoms with Crippen LogP contribution in [0.25, 0.3) is 11.4 Å². The highest BCUT2D eigenvalue weighted by atomic mass is 16.1. The molecule has 0 fully saturated rings. The molecule has 2 aromatic rings. The largest absolute Gasteiger partial charge is 0.331 e. The maximum atomic E-state index is 11.1. The summed E-state index contributed by atoms with van der Waals surface area (Å²) >= 11 is 0. The zero-order valence-electron chi connectivity index (χ0n) is 10.2. The van der Waals surface area contributed by atoms with Gasteiger partial charge in [0.2, 0.25) is 0 Å². The van der Waals surface area contributed by atoms with Crippen LogP contribution in [-0.2, 0) is 6.54 Å². The smallest absolute Gasteiger partial charge is 0.150 e. The molecule has 2 rings (SSSR count). The molecule has 3 nitrogen and oxygen atoms in total. The van der Waals surface area contributed by atoms with E-state index in [1.54, 1.807) is 6.20 Å². The second-order valence-electron chi connectivity index (χ2n) is 4.15. The van der Waals surface area contributed by atoms with Crippen LogP contribution in [0.1, 0.15) is 29.3 Å². The molecule has 0 unspecified atom stereocenters. The second kappa shape index (κ2) is 4.95. The van der Waals surface area contributed by atoms with Crippen LogP contribution in [0.3, 0.4) is 0 Å². The van der Waals surface area contributed by atoms with Gasteiger partial charge in [0.25, 0.3) is 0 Å². The Kier molecular flexibility index (Phi) is 3.38. The third kappa shape index (κ3) is 2.28. The van der Waals surface area contributed by atoms with Crippen molar-refractivity contribution in [2.24, 2.45) is 0 Å². The van der Waals surface area contributed by atoms with Crippen LogP contribution in [0, 0.1) is 6.92 Å². The normalized spacial score (nSPS) is 10.5. The Hall–Kier alpha value is -1.90. The summed E-state index contributed by atoms with van der Waals surface area (Å²) in [6.45, 7) is 5.06. The lowest BCUT2D eigenvalue weighted by atomic mass is 10.0. The van der Waals surface area contributed by atoms with Crippen molar-refractivity contribution in [3.05, 3.63) is 41.7 Å². The van der Waals surface area contributed by atoms with Gasteiger partial charge in [0.15, 0.2) is 6.29 Å². The molecule has 88 valence electrons. The van der Waals surface area contributed by atoms with E-state index in [0.29, 0.717) is 5.56 Å². The topological polar surface area (TPSA) is 34.9 Å². The van der Waals surface area contributed by atoms with Gasteiger partial charge < -0.3 is 4.57 Å². The van der Waals surface area contributed by atoms with Crippen LogP contribution in [0.2, 0.25) is 0 Å². The standard InChI is InChI=1S/C14H16N2O/c1-3-7-16-8-6-15-14(16)13-9-11(2)4-5-12(13)10-17/h4-6,8-10H,3,7H2,1-2H3. The number of hydrogen-bond donors (Lipinski definition) is 0. The maximum Gasteiger partial charge on any atom is 0.150 e. The first-order valence-electron chi connectivity index (χ1n) is 5.83. The Bertz CT molecular complexity index is 529. The molecule has 0 aliphatic rings. The van der Waals surface area contributed by atoms with E-state index in [2.05, 4.69) is 16.5 Å². The Morgan fingerprint density at radius 3 is 2.94 bits per heavy atom. The molecular weight excluding hydrogens is 212 g/mol. The number of aromatic nitrogens is 2. The Balaban J connectivity index is 2.54. The van der Waals surface area contributed by atoms with Crippen LogP contribution >= 0.6 is 0 Å². The van der Waals surface area contributed by atoms with Crippen molar-refractivity contribution in [2.45, 2.75) is 26.8 Å². The Morgan fingerprint density at radius 1 is 1.41 bits per heavy atom. The molecule has 17 heavy (non-hydrogen) atoms. The molecule has 1 aromatic heterocycles. The first-order chi connectivity index (χ1) is 8.26. The number of carbonyl (C=O) groups excluding carboxylic acids is 1. The van der Waals surface area contributed by atoms with Crippen molar-refractivity contribution in [1.29, 1.82) is 0 Å². The molecule has 0 amide bonds. The molecule has 0 saturated carbocycles. The minimum Gasteiger partial charge on any atom is -0.331 e. The highest BCUT2D eigenvalue weighted by Gasteiger charge is 2.10. The number of imidazole rings is 1. The molecular formula is C14H16N2O. The van der Waals surface area contributed by atoms with E-state index in [9.17, 15) is 4.79 Å². The fourth-order valence-corrected chi connectivity index (χ4v) is 1.94. The fraction of sp³-hybridized carbons (Fsp3) is 0.286. The second-order valence-corrected chi connectivity index (χ2v) is 4.15. The van der Waals surface area contributed by atoms with Gasteiger partial charge in [-0.15, -0.1) is 0 Å². The number of hydrogen-bond acceptors (Lipinski definition) is 2. The number of aryl methyl sites for hydroxylation is 2. The van der Waals surface area contributed by atoms with Crippen LogP contribution in [0.4, 0.5) is 0 Å². The van der Waals surface area contributed by atoms with Crippen molar-refractivity contribution in [2.75, 3.05) is 0 Å². The number of aldehydes is 1. The molecule has 1 heterocycles. The van der Waals surface area contributed by atoms with E-state index >= 15 is 0 Å². The van der Waals surface area contributed by atoms with Gasteiger partial charge in [-0.25, -0.2) is 4.98 Å². The van der Waals surface area contributed by atoms with Gasteiger partial charge in [0.05, 0.1) is 0 Å². The summed E-state index contributed by atoms with van der Waals surface area (Å²) in [6, 6.07) is 5.81.